The van der Waals surface area contributed by atoms with Gasteiger partial charge in [-0.25, -0.2) is 9.97 Å². The number of hydrogen-bond acceptors (Lipinski definition) is 5. The Labute approximate surface area is 110 Å². The van der Waals surface area contributed by atoms with Crippen LogP contribution in [0.25, 0.3) is 0 Å². The van der Waals surface area contributed by atoms with E-state index in [4.69, 9.17) is 20.6 Å². The fourth-order valence-electron chi connectivity index (χ4n) is 1.48. The van der Waals surface area contributed by atoms with Crippen LogP contribution in [0.4, 0.5) is 0 Å². The molecule has 0 spiro atoms. The number of rotatable bonds is 5. The molecule has 3 N–H and O–H groups in total. The Hall–Kier alpha value is -2.63. The minimum absolute atomic E-state index is 0.0419. The van der Waals surface area contributed by atoms with Crippen LogP contribution in [0, 0.1) is 5.41 Å². The first-order chi connectivity index (χ1) is 9.19. The van der Waals surface area contributed by atoms with E-state index in [1.54, 1.807) is 43.8 Å². The first-order valence-corrected chi connectivity index (χ1v) is 5.61. The number of nitrogen functional groups attached to an aromatic ring is 1. The van der Waals surface area contributed by atoms with Crippen LogP contribution in [-0.2, 0) is 6.61 Å². The molecular weight excluding hydrogens is 244 g/mol. The van der Waals surface area contributed by atoms with E-state index in [2.05, 4.69) is 9.97 Å². The average molecular weight is 258 g/mol. The van der Waals surface area contributed by atoms with Crippen LogP contribution in [0.2, 0.25) is 0 Å². The lowest BCUT2D eigenvalue weighted by molar-refractivity contribution is 0.293. The summed E-state index contributed by atoms with van der Waals surface area (Å²) in [7, 11) is 1.54. The standard InChI is InChI=1S/C13H14N4O2/c1-18-10-5-9(13(14)15)6-11(7-10)19-8-12-16-3-2-4-17-12/h2-7H,8H2,1H3,(H3,14,15). The molecule has 1 aromatic carbocycles. The van der Waals surface area contributed by atoms with E-state index in [0.29, 0.717) is 22.9 Å². The van der Waals surface area contributed by atoms with Gasteiger partial charge in [0.25, 0.3) is 0 Å². The zero-order valence-electron chi connectivity index (χ0n) is 10.5. The number of amidine groups is 1. The van der Waals surface area contributed by atoms with Crippen LogP contribution in [0.3, 0.4) is 0 Å². The third-order valence-corrected chi connectivity index (χ3v) is 2.41. The number of methoxy groups -OCH3 is 1. The number of aromatic nitrogens is 2. The summed E-state index contributed by atoms with van der Waals surface area (Å²) < 4.78 is 10.7. The van der Waals surface area contributed by atoms with Crippen LogP contribution < -0.4 is 15.2 Å². The summed E-state index contributed by atoms with van der Waals surface area (Å²) in [6.45, 7) is 0.241. The molecule has 2 rings (SSSR count). The largest absolute Gasteiger partial charge is 0.497 e. The van der Waals surface area contributed by atoms with E-state index in [-0.39, 0.29) is 12.4 Å². The van der Waals surface area contributed by atoms with Crippen molar-refractivity contribution in [2.75, 3.05) is 7.11 Å². The fourth-order valence-corrected chi connectivity index (χ4v) is 1.48. The van der Waals surface area contributed by atoms with E-state index < -0.39 is 0 Å². The average Bonchev–Trinajstić information content (AvgIpc) is 2.45. The lowest BCUT2D eigenvalue weighted by atomic mass is 10.2. The molecule has 0 bridgehead atoms. The maximum absolute atomic E-state index is 7.44. The van der Waals surface area contributed by atoms with Crippen LogP contribution in [0.1, 0.15) is 11.4 Å². The lowest BCUT2D eigenvalue weighted by Crippen LogP contribution is -2.11. The van der Waals surface area contributed by atoms with E-state index in [0.717, 1.165) is 0 Å². The van der Waals surface area contributed by atoms with Gasteiger partial charge in [-0.1, -0.05) is 0 Å². The van der Waals surface area contributed by atoms with Crippen molar-refractivity contribution in [2.45, 2.75) is 6.61 Å². The van der Waals surface area contributed by atoms with Crippen molar-refractivity contribution >= 4 is 5.84 Å². The fraction of sp³-hybridized carbons (Fsp3) is 0.154. The Bertz CT molecular complexity index is 572. The van der Waals surface area contributed by atoms with E-state index in [1.807, 2.05) is 0 Å². The Morgan fingerprint density at radius 2 is 1.89 bits per heavy atom. The Balaban J connectivity index is 2.15. The smallest absolute Gasteiger partial charge is 0.166 e. The molecule has 0 aliphatic heterocycles. The van der Waals surface area contributed by atoms with Crippen molar-refractivity contribution in [3.05, 3.63) is 48.0 Å². The zero-order valence-corrected chi connectivity index (χ0v) is 10.5. The molecule has 1 heterocycles. The Kier molecular flexibility index (Phi) is 3.92. The second-order valence-electron chi connectivity index (χ2n) is 3.76. The molecule has 0 amide bonds. The number of nitrogens with two attached hydrogens (primary N) is 1. The van der Waals surface area contributed by atoms with Gasteiger partial charge in [0.1, 0.15) is 23.9 Å². The predicted octanol–water partition coefficient (Wildman–Crippen LogP) is 1.35. The molecule has 0 atom stereocenters. The summed E-state index contributed by atoms with van der Waals surface area (Å²) in [5, 5.41) is 7.44. The van der Waals surface area contributed by atoms with Crippen molar-refractivity contribution in [1.82, 2.24) is 9.97 Å². The van der Waals surface area contributed by atoms with Gasteiger partial charge in [-0.3, -0.25) is 5.41 Å². The SMILES string of the molecule is COc1cc(OCc2ncccn2)cc(C(=N)N)c1. The van der Waals surface area contributed by atoms with Crippen LogP contribution in [0.5, 0.6) is 11.5 Å². The number of ether oxygens (including phenoxy) is 2. The summed E-state index contributed by atoms with van der Waals surface area (Å²) in [6, 6.07) is 6.81. The normalized spacial score (nSPS) is 9.95. The van der Waals surface area contributed by atoms with Crippen LogP contribution >= 0.6 is 0 Å². The number of benzene rings is 1. The summed E-state index contributed by atoms with van der Waals surface area (Å²) in [5.74, 6) is 1.67. The van der Waals surface area contributed by atoms with E-state index in [9.17, 15) is 0 Å². The molecule has 0 aliphatic carbocycles. The highest BCUT2D eigenvalue weighted by Crippen LogP contribution is 2.23. The molecular formula is C13H14N4O2. The van der Waals surface area contributed by atoms with Gasteiger partial charge in [0, 0.05) is 24.0 Å². The van der Waals surface area contributed by atoms with Crippen molar-refractivity contribution in [2.24, 2.45) is 5.73 Å². The van der Waals surface area contributed by atoms with Gasteiger partial charge >= 0.3 is 0 Å². The van der Waals surface area contributed by atoms with Gasteiger partial charge in [0.05, 0.1) is 7.11 Å². The van der Waals surface area contributed by atoms with E-state index >= 15 is 0 Å². The van der Waals surface area contributed by atoms with Crippen molar-refractivity contribution in [1.29, 1.82) is 5.41 Å². The van der Waals surface area contributed by atoms with Gasteiger partial charge in [-0.15, -0.1) is 0 Å². The zero-order chi connectivity index (χ0) is 13.7. The molecule has 0 saturated carbocycles. The third-order valence-electron chi connectivity index (χ3n) is 2.41. The minimum atomic E-state index is -0.0419. The molecule has 1 aromatic heterocycles. The summed E-state index contributed by atoms with van der Waals surface area (Å²) in [5.41, 5.74) is 6.01. The molecule has 2 aromatic rings. The highest BCUT2D eigenvalue weighted by atomic mass is 16.5. The molecule has 0 unspecified atom stereocenters. The molecule has 19 heavy (non-hydrogen) atoms. The maximum atomic E-state index is 7.44. The van der Waals surface area contributed by atoms with Crippen LogP contribution in [0.15, 0.2) is 36.7 Å². The highest BCUT2D eigenvalue weighted by molar-refractivity contribution is 5.95. The van der Waals surface area contributed by atoms with Gasteiger partial charge < -0.3 is 15.2 Å². The lowest BCUT2D eigenvalue weighted by Gasteiger charge is -2.09. The van der Waals surface area contributed by atoms with E-state index in [1.165, 1.54) is 0 Å². The highest BCUT2D eigenvalue weighted by Gasteiger charge is 2.05. The molecule has 0 aliphatic rings. The quantitative estimate of drug-likeness (QED) is 0.623. The van der Waals surface area contributed by atoms with Gasteiger partial charge in [-0.05, 0) is 18.2 Å². The van der Waals surface area contributed by atoms with Gasteiger partial charge in [-0.2, -0.15) is 0 Å². The van der Waals surface area contributed by atoms with Gasteiger partial charge in [0.15, 0.2) is 5.82 Å². The van der Waals surface area contributed by atoms with Gasteiger partial charge in [0.2, 0.25) is 0 Å². The predicted molar refractivity (Wildman–Crippen MR) is 70.4 cm³/mol. The van der Waals surface area contributed by atoms with Crippen molar-refractivity contribution in [3.8, 4) is 11.5 Å². The topological polar surface area (TPSA) is 94.1 Å². The molecule has 0 fully saturated rings. The van der Waals surface area contributed by atoms with Crippen molar-refractivity contribution in [3.63, 3.8) is 0 Å². The number of hydrogen-bond donors (Lipinski definition) is 2. The first kappa shape index (κ1) is 12.8. The van der Waals surface area contributed by atoms with Crippen molar-refractivity contribution < 1.29 is 9.47 Å². The molecule has 6 heteroatoms. The maximum Gasteiger partial charge on any atom is 0.166 e. The summed E-state index contributed by atoms with van der Waals surface area (Å²) in [6.07, 6.45) is 3.30. The molecule has 0 radical (unpaired) electrons. The molecule has 0 saturated heterocycles. The minimum Gasteiger partial charge on any atom is -0.497 e. The van der Waals surface area contributed by atoms with Crippen LogP contribution in [-0.4, -0.2) is 22.9 Å². The third kappa shape index (κ3) is 3.41. The molecule has 98 valence electrons. The second kappa shape index (κ2) is 5.81. The molecule has 6 nitrogen and oxygen atoms in total. The second-order valence-corrected chi connectivity index (χ2v) is 3.76. The number of nitrogens with one attached hydrogen (secondary N) is 1. The summed E-state index contributed by atoms with van der Waals surface area (Å²) in [4.78, 5) is 8.12. The Morgan fingerprint density at radius 3 is 2.53 bits per heavy atom. The summed E-state index contributed by atoms with van der Waals surface area (Å²) >= 11 is 0. The monoisotopic (exact) mass is 258 g/mol. The first-order valence-electron chi connectivity index (χ1n) is 5.61. The number of nitrogens with zero attached hydrogens (tertiary/aromatic N) is 2. The Morgan fingerprint density at radius 1 is 1.21 bits per heavy atom.